The van der Waals surface area contributed by atoms with Crippen LogP contribution < -0.4 is 19.1 Å². The Balaban J connectivity index is 1.41. The highest BCUT2D eigenvalue weighted by Crippen LogP contribution is 2.46. The number of aryl methyl sites for hydroxylation is 1. The van der Waals surface area contributed by atoms with E-state index >= 15 is 0 Å². The smallest absolute Gasteiger partial charge is 0.270 e. The molecule has 4 aromatic rings. The van der Waals surface area contributed by atoms with Gasteiger partial charge in [-0.2, -0.15) is 0 Å². The summed E-state index contributed by atoms with van der Waals surface area (Å²) < 4.78 is 40.0. The van der Waals surface area contributed by atoms with E-state index in [4.69, 9.17) is 9.47 Å². The third kappa shape index (κ3) is 5.53. The molecule has 4 aromatic carbocycles. The molecule has 44 heavy (non-hydrogen) atoms. The predicted octanol–water partition coefficient (Wildman–Crippen LogP) is 5.67. The zero-order valence-electron chi connectivity index (χ0n) is 25.3. The molecule has 0 radical (unpaired) electrons. The Morgan fingerprint density at radius 3 is 1.86 bits per heavy atom. The number of anilines is 1. The number of amides is 3. The minimum absolute atomic E-state index is 0.129. The van der Waals surface area contributed by atoms with Crippen LogP contribution in [0.1, 0.15) is 65.1 Å². The standard InChI is InChI=1S/C34H34N2O7S/c1-6-42-29-25-13-8-9-14-26(25)30(43-7-2)28-27(29)31(37)36(32(28)38)24-17-15-22(16-18-24)20-44(40,41)35-33(39)34(4,5)23-12-10-11-21(3)19-23/h8-19H,6-7,20H2,1-5H3,(H,35,39). The molecule has 1 N–H and O–H groups in total. The molecule has 228 valence electrons. The van der Waals surface area contributed by atoms with Gasteiger partial charge in [-0.15, -0.1) is 0 Å². The predicted molar refractivity (Wildman–Crippen MR) is 169 cm³/mol. The van der Waals surface area contributed by atoms with Gasteiger partial charge < -0.3 is 9.47 Å². The second kappa shape index (κ2) is 11.8. The first-order chi connectivity index (χ1) is 20.9. The van der Waals surface area contributed by atoms with Gasteiger partial charge in [0, 0.05) is 10.8 Å². The van der Waals surface area contributed by atoms with Crippen LogP contribution in [0, 0.1) is 6.92 Å². The van der Waals surface area contributed by atoms with Crippen molar-refractivity contribution in [2.24, 2.45) is 0 Å². The molecule has 0 fully saturated rings. The molecule has 1 aliphatic rings. The Hall–Kier alpha value is -4.70. The molecule has 0 bridgehead atoms. The molecule has 0 saturated heterocycles. The highest BCUT2D eigenvalue weighted by Gasteiger charge is 2.43. The van der Waals surface area contributed by atoms with Crippen molar-refractivity contribution in [2.75, 3.05) is 18.1 Å². The van der Waals surface area contributed by atoms with Crippen LogP contribution in [0.2, 0.25) is 0 Å². The van der Waals surface area contributed by atoms with E-state index in [0.717, 1.165) is 10.5 Å². The SMILES string of the molecule is CCOc1c2c(c(OCC)c3ccccc13)C(=O)N(c1ccc(CS(=O)(=O)NC(=O)C(C)(C)c3cccc(C)c3)cc1)C2=O. The number of carbonyl (C=O) groups is 3. The quantitative estimate of drug-likeness (QED) is 0.229. The minimum atomic E-state index is -4.06. The van der Waals surface area contributed by atoms with Crippen LogP contribution in [0.3, 0.4) is 0 Å². The molecular weight excluding hydrogens is 580 g/mol. The lowest BCUT2D eigenvalue weighted by Gasteiger charge is -2.24. The van der Waals surface area contributed by atoms with Crippen LogP contribution in [0.4, 0.5) is 5.69 Å². The molecule has 0 unspecified atom stereocenters. The Bertz CT molecular complexity index is 1830. The molecule has 10 heteroatoms. The van der Waals surface area contributed by atoms with Crippen LogP contribution in [-0.2, 0) is 26.0 Å². The van der Waals surface area contributed by atoms with E-state index in [9.17, 15) is 22.8 Å². The van der Waals surface area contributed by atoms with Crippen molar-refractivity contribution in [1.82, 2.24) is 4.72 Å². The number of sulfonamides is 1. The fourth-order valence-electron chi connectivity index (χ4n) is 5.35. The number of fused-ring (bicyclic) bond motifs is 2. The molecular formula is C34H34N2O7S. The maximum Gasteiger partial charge on any atom is 0.270 e. The van der Waals surface area contributed by atoms with Crippen molar-refractivity contribution in [3.63, 3.8) is 0 Å². The number of nitrogens with zero attached hydrogens (tertiary/aromatic N) is 1. The van der Waals surface area contributed by atoms with Crippen molar-refractivity contribution in [1.29, 1.82) is 0 Å². The highest BCUT2D eigenvalue weighted by atomic mass is 32.2. The first-order valence-electron chi connectivity index (χ1n) is 14.3. The number of nitrogens with one attached hydrogen (secondary N) is 1. The van der Waals surface area contributed by atoms with E-state index in [0.29, 0.717) is 33.4 Å². The Morgan fingerprint density at radius 1 is 0.818 bits per heavy atom. The van der Waals surface area contributed by atoms with E-state index in [1.54, 1.807) is 33.8 Å². The van der Waals surface area contributed by atoms with Gasteiger partial charge in [0.2, 0.25) is 15.9 Å². The number of hydrogen-bond acceptors (Lipinski definition) is 7. The topological polar surface area (TPSA) is 119 Å². The number of rotatable bonds is 10. The van der Waals surface area contributed by atoms with E-state index in [1.165, 1.54) is 24.3 Å². The molecule has 0 saturated carbocycles. The van der Waals surface area contributed by atoms with Gasteiger partial charge >= 0.3 is 0 Å². The van der Waals surface area contributed by atoms with Crippen LogP contribution in [-0.4, -0.2) is 39.4 Å². The lowest BCUT2D eigenvalue weighted by atomic mass is 9.83. The van der Waals surface area contributed by atoms with Crippen LogP contribution in [0.5, 0.6) is 11.5 Å². The Kier molecular flexibility index (Phi) is 8.22. The molecule has 9 nitrogen and oxygen atoms in total. The third-order valence-corrected chi connectivity index (χ3v) is 8.85. The normalized spacial score (nSPS) is 13.2. The summed E-state index contributed by atoms with van der Waals surface area (Å²) in [5.41, 5.74) is 1.46. The number of ether oxygens (including phenoxy) is 2. The molecule has 1 aliphatic heterocycles. The molecule has 0 spiro atoms. The number of carbonyl (C=O) groups excluding carboxylic acids is 3. The molecule has 0 aliphatic carbocycles. The van der Waals surface area contributed by atoms with Crippen molar-refractivity contribution >= 4 is 44.2 Å². The minimum Gasteiger partial charge on any atom is -0.492 e. The van der Waals surface area contributed by atoms with Crippen LogP contribution in [0.15, 0.2) is 72.8 Å². The van der Waals surface area contributed by atoms with Crippen LogP contribution >= 0.6 is 0 Å². The van der Waals surface area contributed by atoms with Gasteiger partial charge in [0.1, 0.15) is 11.5 Å². The third-order valence-electron chi connectivity index (χ3n) is 7.64. The maximum atomic E-state index is 13.8. The summed E-state index contributed by atoms with van der Waals surface area (Å²) in [6.45, 7) is 9.41. The van der Waals surface area contributed by atoms with Gasteiger partial charge in [-0.05, 0) is 57.9 Å². The fraction of sp³-hybridized carbons (Fsp3) is 0.265. The summed E-state index contributed by atoms with van der Waals surface area (Å²) in [6, 6.07) is 20.7. The maximum absolute atomic E-state index is 13.8. The second-order valence-corrected chi connectivity index (χ2v) is 12.8. The summed E-state index contributed by atoms with van der Waals surface area (Å²) in [7, 11) is -4.06. The van der Waals surface area contributed by atoms with Crippen molar-refractivity contribution in [3.05, 3.63) is 101 Å². The van der Waals surface area contributed by atoms with Crippen molar-refractivity contribution in [2.45, 2.75) is 45.8 Å². The average molecular weight is 615 g/mol. The van der Waals surface area contributed by atoms with Gasteiger partial charge in [-0.1, -0.05) is 66.2 Å². The summed E-state index contributed by atoms with van der Waals surface area (Å²) in [4.78, 5) is 41.7. The Labute approximate surface area is 256 Å². The van der Waals surface area contributed by atoms with Crippen molar-refractivity contribution in [3.8, 4) is 11.5 Å². The highest BCUT2D eigenvalue weighted by molar-refractivity contribution is 7.89. The fourth-order valence-corrected chi connectivity index (χ4v) is 6.59. The van der Waals surface area contributed by atoms with Gasteiger partial charge in [0.15, 0.2) is 0 Å². The van der Waals surface area contributed by atoms with Gasteiger partial charge in [-0.25, -0.2) is 13.3 Å². The largest absolute Gasteiger partial charge is 0.492 e. The molecule has 1 heterocycles. The first-order valence-corrected chi connectivity index (χ1v) is 16.0. The zero-order valence-corrected chi connectivity index (χ0v) is 26.1. The molecule has 5 rings (SSSR count). The lowest BCUT2D eigenvalue weighted by molar-refractivity contribution is -0.123. The first kappa shape index (κ1) is 30.7. The molecule has 0 atom stereocenters. The number of imide groups is 1. The van der Waals surface area contributed by atoms with Gasteiger partial charge in [0.05, 0.1) is 41.2 Å². The summed E-state index contributed by atoms with van der Waals surface area (Å²) >= 11 is 0. The molecule has 0 aromatic heterocycles. The van der Waals surface area contributed by atoms with E-state index in [1.807, 2.05) is 49.4 Å². The Morgan fingerprint density at radius 2 is 1.36 bits per heavy atom. The van der Waals surface area contributed by atoms with Gasteiger partial charge in [-0.3, -0.25) is 19.1 Å². The summed E-state index contributed by atoms with van der Waals surface area (Å²) in [5.74, 6) is -1.62. The number of benzene rings is 4. The van der Waals surface area contributed by atoms with Crippen LogP contribution in [0.25, 0.3) is 10.8 Å². The summed E-state index contributed by atoms with van der Waals surface area (Å²) in [5, 5.41) is 1.32. The van der Waals surface area contributed by atoms with E-state index in [2.05, 4.69) is 4.72 Å². The number of hydrogen-bond donors (Lipinski definition) is 1. The summed E-state index contributed by atoms with van der Waals surface area (Å²) in [6.07, 6.45) is 0. The lowest BCUT2D eigenvalue weighted by Crippen LogP contribution is -2.43. The second-order valence-electron chi connectivity index (χ2n) is 11.1. The van der Waals surface area contributed by atoms with Crippen molar-refractivity contribution < 1.29 is 32.3 Å². The van der Waals surface area contributed by atoms with Gasteiger partial charge in [0.25, 0.3) is 11.8 Å². The monoisotopic (exact) mass is 614 g/mol. The zero-order chi connectivity index (χ0) is 31.8. The average Bonchev–Trinajstić information content (AvgIpc) is 3.24. The van der Waals surface area contributed by atoms with E-state index < -0.39 is 38.9 Å². The molecule has 3 amide bonds. The van der Waals surface area contributed by atoms with E-state index in [-0.39, 0.29) is 30.0 Å².